The number of phenolic OH excluding ortho intramolecular Hbond substituents is 1. The van der Waals surface area contributed by atoms with Crippen LogP contribution in [0.2, 0.25) is 0 Å². The number of anilines is 1. The maximum atomic E-state index is 10.3. The van der Waals surface area contributed by atoms with Gasteiger partial charge in [-0.25, -0.2) is 4.98 Å². The minimum atomic E-state index is 0.220. The van der Waals surface area contributed by atoms with Crippen LogP contribution in [0.15, 0.2) is 79.0 Å². The minimum absolute atomic E-state index is 0.220. The quantitative estimate of drug-likeness (QED) is 0.281. The molecular formula is C27H28BN5O. The van der Waals surface area contributed by atoms with Crippen LogP contribution in [0, 0.1) is 0 Å². The molecule has 5 aromatic rings. The highest BCUT2D eigenvalue weighted by molar-refractivity contribution is 6.36. The van der Waals surface area contributed by atoms with Crippen molar-refractivity contribution in [1.29, 1.82) is 0 Å². The zero-order valence-corrected chi connectivity index (χ0v) is 19.6. The predicted octanol–water partition coefficient (Wildman–Crippen LogP) is 3.45. The van der Waals surface area contributed by atoms with Gasteiger partial charge in [-0.15, -0.1) is 0 Å². The monoisotopic (exact) mass is 449 g/mol. The van der Waals surface area contributed by atoms with E-state index in [1.807, 2.05) is 42.8 Å². The molecule has 2 heterocycles. The first-order chi connectivity index (χ1) is 16.6. The van der Waals surface area contributed by atoms with Crippen LogP contribution >= 0.6 is 0 Å². The molecule has 0 bridgehead atoms. The Hall–Kier alpha value is -3.84. The fourth-order valence-electron chi connectivity index (χ4n) is 4.39. The van der Waals surface area contributed by atoms with Crippen molar-refractivity contribution < 1.29 is 5.11 Å². The van der Waals surface area contributed by atoms with Gasteiger partial charge in [-0.05, 0) is 53.9 Å². The summed E-state index contributed by atoms with van der Waals surface area (Å²) in [7, 11) is 4.16. The van der Waals surface area contributed by atoms with E-state index in [4.69, 9.17) is 4.98 Å². The highest BCUT2D eigenvalue weighted by Crippen LogP contribution is 2.29. The Kier molecular flexibility index (Phi) is 6.19. The fraction of sp³-hybridized carbons (Fsp3) is 0.185. The van der Waals surface area contributed by atoms with Crippen LogP contribution in [0.5, 0.6) is 5.75 Å². The molecule has 34 heavy (non-hydrogen) atoms. The van der Waals surface area contributed by atoms with Gasteiger partial charge in [0, 0.05) is 30.9 Å². The molecule has 5 rings (SSSR count). The summed E-state index contributed by atoms with van der Waals surface area (Å²) in [6.07, 6.45) is 2.80. The molecule has 0 saturated carbocycles. The van der Waals surface area contributed by atoms with E-state index in [2.05, 4.69) is 64.8 Å². The number of aromatic nitrogens is 3. The molecule has 170 valence electrons. The summed E-state index contributed by atoms with van der Waals surface area (Å²) in [5, 5.41) is 20.9. The highest BCUT2D eigenvalue weighted by Gasteiger charge is 2.13. The number of aromatic hydroxyl groups is 1. The lowest BCUT2D eigenvalue weighted by atomic mass is 10.0. The first kappa shape index (κ1) is 22.0. The minimum Gasteiger partial charge on any atom is -0.507 e. The molecule has 0 atom stereocenters. The van der Waals surface area contributed by atoms with E-state index in [1.54, 1.807) is 6.07 Å². The number of nitrogens with zero attached hydrogens (tertiary/aromatic N) is 4. The van der Waals surface area contributed by atoms with Crippen LogP contribution in [0.1, 0.15) is 12.0 Å². The van der Waals surface area contributed by atoms with E-state index in [0.717, 1.165) is 48.7 Å². The Morgan fingerprint density at radius 3 is 2.71 bits per heavy atom. The zero-order valence-electron chi connectivity index (χ0n) is 19.6. The van der Waals surface area contributed by atoms with Crippen LogP contribution in [-0.4, -0.2) is 52.6 Å². The van der Waals surface area contributed by atoms with Gasteiger partial charge in [0.2, 0.25) is 0 Å². The SMILES string of the molecule is Bc1cnn2c(NCCCN(C)Cc3cccc4ccccc34)cc(-c3ccccc3O)nc12. The topological polar surface area (TPSA) is 65.7 Å². The molecule has 0 fully saturated rings. The van der Waals surface area contributed by atoms with Crippen LogP contribution in [-0.2, 0) is 6.54 Å². The molecule has 2 N–H and O–H groups in total. The van der Waals surface area contributed by atoms with Crippen LogP contribution in [0.25, 0.3) is 27.7 Å². The summed E-state index contributed by atoms with van der Waals surface area (Å²) in [5.41, 5.74) is 4.57. The van der Waals surface area contributed by atoms with E-state index in [0.29, 0.717) is 5.56 Å². The number of phenols is 1. The first-order valence-corrected chi connectivity index (χ1v) is 11.6. The number of benzene rings is 3. The van der Waals surface area contributed by atoms with Crippen molar-refractivity contribution in [3.8, 4) is 17.0 Å². The van der Waals surface area contributed by atoms with Crippen molar-refractivity contribution in [2.75, 3.05) is 25.5 Å². The zero-order chi connectivity index (χ0) is 23.5. The van der Waals surface area contributed by atoms with Crippen molar-refractivity contribution in [3.05, 3.63) is 84.6 Å². The number of fused-ring (bicyclic) bond motifs is 2. The van der Waals surface area contributed by atoms with Gasteiger partial charge in [-0.1, -0.05) is 54.6 Å². The molecule has 7 heteroatoms. The van der Waals surface area contributed by atoms with Gasteiger partial charge < -0.3 is 15.3 Å². The van der Waals surface area contributed by atoms with Crippen LogP contribution < -0.4 is 10.8 Å². The maximum absolute atomic E-state index is 10.3. The Labute approximate surface area is 200 Å². The molecule has 0 aliphatic carbocycles. The second-order valence-corrected chi connectivity index (χ2v) is 8.76. The number of nitrogens with one attached hydrogen (secondary N) is 1. The molecule has 3 aromatic carbocycles. The average Bonchev–Trinajstić information content (AvgIpc) is 3.23. The van der Waals surface area contributed by atoms with Gasteiger partial charge in [-0.3, -0.25) is 0 Å². The summed E-state index contributed by atoms with van der Waals surface area (Å²) in [6.45, 7) is 2.68. The number of hydrogen-bond acceptors (Lipinski definition) is 5. The molecule has 0 unspecified atom stereocenters. The van der Waals surface area contributed by atoms with E-state index in [9.17, 15) is 5.11 Å². The molecule has 0 amide bonds. The Morgan fingerprint density at radius 2 is 1.82 bits per heavy atom. The maximum Gasteiger partial charge on any atom is 0.151 e. The summed E-state index contributed by atoms with van der Waals surface area (Å²) >= 11 is 0. The second kappa shape index (κ2) is 9.57. The fourth-order valence-corrected chi connectivity index (χ4v) is 4.39. The van der Waals surface area contributed by atoms with E-state index >= 15 is 0 Å². The molecule has 2 aromatic heterocycles. The Morgan fingerprint density at radius 1 is 1.03 bits per heavy atom. The number of rotatable bonds is 8. The number of hydrogen-bond donors (Lipinski definition) is 2. The van der Waals surface area contributed by atoms with Crippen molar-refractivity contribution >= 4 is 35.5 Å². The number of para-hydroxylation sites is 1. The third kappa shape index (κ3) is 4.47. The lowest BCUT2D eigenvalue weighted by molar-refractivity contribution is 0.326. The highest BCUT2D eigenvalue weighted by atomic mass is 16.3. The summed E-state index contributed by atoms with van der Waals surface area (Å²) in [5.74, 6) is 1.09. The average molecular weight is 449 g/mol. The summed E-state index contributed by atoms with van der Waals surface area (Å²) in [6, 6.07) is 24.3. The van der Waals surface area contributed by atoms with Crippen LogP contribution in [0.4, 0.5) is 5.82 Å². The predicted molar refractivity (Wildman–Crippen MR) is 142 cm³/mol. The van der Waals surface area contributed by atoms with E-state index in [-0.39, 0.29) is 5.75 Å². The van der Waals surface area contributed by atoms with Gasteiger partial charge in [-0.2, -0.15) is 9.61 Å². The first-order valence-electron chi connectivity index (χ1n) is 11.6. The third-order valence-corrected chi connectivity index (χ3v) is 6.17. The molecule has 0 aliphatic rings. The van der Waals surface area contributed by atoms with Crippen molar-refractivity contribution in [3.63, 3.8) is 0 Å². The lowest BCUT2D eigenvalue weighted by Crippen LogP contribution is -2.21. The molecule has 0 radical (unpaired) electrons. The molecule has 0 aliphatic heterocycles. The van der Waals surface area contributed by atoms with Gasteiger partial charge in [0.25, 0.3) is 0 Å². The molecular weight excluding hydrogens is 421 g/mol. The Balaban J connectivity index is 1.26. The van der Waals surface area contributed by atoms with Gasteiger partial charge >= 0.3 is 0 Å². The van der Waals surface area contributed by atoms with Crippen molar-refractivity contribution in [2.24, 2.45) is 0 Å². The summed E-state index contributed by atoms with van der Waals surface area (Å²) < 4.78 is 1.83. The Bertz CT molecular complexity index is 1440. The largest absolute Gasteiger partial charge is 0.507 e. The van der Waals surface area contributed by atoms with E-state index in [1.165, 1.54) is 16.3 Å². The van der Waals surface area contributed by atoms with Crippen molar-refractivity contribution in [2.45, 2.75) is 13.0 Å². The second-order valence-electron chi connectivity index (χ2n) is 8.76. The molecule has 0 spiro atoms. The van der Waals surface area contributed by atoms with Gasteiger partial charge in [0.05, 0.1) is 5.69 Å². The standard InChI is InChI=1S/C27H28BN5O/c1-32(18-20-10-6-9-19-8-2-3-11-21(19)20)15-7-14-29-26-16-24(22-12-4-5-13-25(22)34)31-27-23(28)17-30-33(26)27/h2-6,8-13,16-17,29,34H,7,14-15,18,28H2,1H3. The van der Waals surface area contributed by atoms with Gasteiger partial charge in [0.15, 0.2) is 5.65 Å². The van der Waals surface area contributed by atoms with Crippen molar-refractivity contribution in [1.82, 2.24) is 19.5 Å². The van der Waals surface area contributed by atoms with Crippen LogP contribution in [0.3, 0.4) is 0 Å². The van der Waals surface area contributed by atoms with Gasteiger partial charge in [0.1, 0.15) is 19.4 Å². The molecule has 6 nitrogen and oxygen atoms in total. The smallest absolute Gasteiger partial charge is 0.151 e. The summed E-state index contributed by atoms with van der Waals surface area (Å²) in [4.78, 5) is 7.11. The normalized spacial score (nSPS) is 11.5. The third-order valence-electron chi connectivity index (χ3n) is 6.17. The molecule has 0 saturated heterocycles. The van der Waals surface area contributed by atoms with E-state index < -0.39 is 0 Å². The lowest BCUT2D eigenvalue weighted by Gasteiger charge is -2.18.